The van der Waals surface area contributed by atoms with Gasteiger partial charge in [0.25, 0.3) is 5.56 Å². The lowest BCUT2D eigenvalue weighted by molar-refractivity contribution is 0.182. The maximum Gasteiger partial charge on any atom is 0.271 e. The lowest BCUT2D eigenvalue weighted by atomic mass is 10.1. The molecule has 0 unspecified atom stereocenters. The molecule has 2 rings (SSSR count). The molecule has 0 aliphatic rings. The Labute approximate surface area is 154 Å². The van der Waals surface area contributed by atoms with E-state index in [1.807, 2.05) is 6.07 Å². The van der Waals surface area contributed by atoms with Gasteiger partial charge in [-0.3, -0.25) is 14.4 Å². The van der Waals surface area contributed by atoms with Crippen LogP contribution in [0.25, 0.3) is 0 Å². The Morgan fingerprint density at radius 3 is 2.60 bits per heavy atom. The summed E-state index contributed by atoms with van der Waals surface area (Å²) in [7, 11) is 1.48. The number of nitrogens with zero attached hydrogens (tertiary/aromatic N) is 3. The highest BCUT2D eigenvalue weighted by atomic mass is 35.5. The topological polar surface area (TPSA) is 87.6 Å². The van der Waals surface area contributed by atoms with Crippen molar-refractivity contribution in [3.63, 3.8) is 0 Å². The second-order valence-electron chi connectivity index (χ2n) is 5.13. The average molecular weight is 380 g/mol. The van der Waals surface area contributed by atoms with Crippen LogP contribution in [0, 0.1) is 18.3 Å². The van der Waals surface area contributed by atoms with Crippen molar-refractivity contribution in [1.29, 1.82) is 5.26 Å². The van der Waals surface area contributed by atoms with E-state index in [-0.39, 0.29) is 30.2 Å². The van der Waals surface area contributed by atoms with E-state index in [1.54, 1.807) is 25.1 Å². The summed E-state index contributed by atoms with van der Waals surface area (Å²) in [6.07, 6.45) is 1.33. The van der Waals surface area contributed by atoms with Gasteiger partial charge < -0.3 is 9.84 Å². The minimum Gasteiger partial charge on any atom is -0.494 e. The first-order chi connectivity index (χ1) is 11.9. The van der Waals surface area contributed by atoms with Crippen LogP contribution in [-0.2, 0) is 11.3 Å². The molecule has 0 spiro atoms. The zero-order valence-corrected chi connectivity index (χ0v) is 15.1. The molecule has 8 heteroatoms. The number of benzene rings is 1. The lowest BCUT2D eigenvalue weighted by Gasteiger charge is -2.13. The summed E-state index contributed by atoms with van der Waals surface area (Å²) in [5.41, 5.74) is 0.245. The first kappa shape index (κ1) is 19.0. The van der Waals surface area contributed by atoms with Crippen LogP contribution in [0.2, 0.25) is 10.0 Å². The number of nitriles is 1. The summed E-state index contributed by atoms with van der Waals surface area (Å²) >= 11 is 12.1. The normalized spacial score (nSPS) is 11.0. The average Bonchev–Trinajstić information content (AvgIpc) is 2.57. The number of rotatable bonds is 5. The zero-order valence-electron chi connectivity index (χ0n) is 13.6. The molecule has 0 fully saturated rings. The summed E-state index contributed by atoms with van der Waals surface area (Å²) < 4.78 is 6.01. The summed E-state index contributed by atoms with van der Waals surface area (Å²) in [6, 6.07) is 6.82. The fraction of sp³-hybridized carbons (Fsp3) is 0.235. The van der Waals surface area contributed by atoms with E-state index in [1.165, 1.54) is 13.3 Å². The summed E-state index contributed by atoms with van der Waals surface area (Å²) in [5.74, 6) is -0.300. The fourth-order valence-corrected chi connectivity index (χ4v) is 2.75. The van der Waals surface area contributed by atoms with Crippen LogP contribution in [0.3, 0.4) is 0 Å². The van der Waals surface area contributed by atoms with Gasteiger partial charge in [-0.15, -0.1) is 0 Å². The molecule has 0 saturated carbocycles. The van der Waals surface area contributed by atoms with Gasteiger partial charge in [0.2, 0.25) is 5.88 Å². The third-order valence-electron chi connectivity index (χ3n) is 3.63. The van der Waals surface area contributed by atoms with Gasteiger partial charge in [-0.25, -0.2) is 0 Å². The number of hydrogen-bond donors (Lipinski definition) is 1. The number of aromatic nitrogens is 1. The number of methoxy groups -OCH3 is 1. The first-order valence-corrected chi connectivity index (χ1v) is 8.01. The third kappa shape index (κ3) is 3.85. The van der Waals surface area contributed by atoms with Crippen LogP contribution in [0.15, 0.2) is 28.0 Å². The molecule has 0 atom stereocenters. The smallest absolute Gasteiger partial charge is 0.271 e. The maximum absolute atomic E-state index is 12.3. The monoisotopic (exact) mass is 379 g/mol. The van der Waals surface area contributed by atoms with E-state index in [9.17, 15) is 15.2 Å². The largest absolute Gasteiger partial charge is 0.494 e. The van der Waals surface area contributed by atoms with Crippen molar-refractivity contribution in [3.8, 4) is 11.9 Å². The Hall–Kier alpha value is -2.33. The van der Waals surface area contributed by atoms with E-state index < -0.39 is 5.56 Å². The van der Waals surface area contributed by atoms with E-state index in [2.05, 4.69) is 4.99 Å². The number of ether oxygens (including phenoxy) is 1. The number of halogens is 2. The molecular formula is C17H15Cl2N3O3. The van der Waals surface area contributed by atoms with Crippen molar-refractivity contribution in [1.82, 2.24) is 4.57 Å². The van der Waals surface area contributed by atoms with Gasteiger partial charge in [-0.05, 0) is 24.6 Å². The lowest BCUT2D eigenvalue weighted by Crippen LogP contribution is -2.26. The van der Waals surface area contributed by atoms with Crippen LogP contribution in [0.5, 0.6) is 5.88 Å². The molecule has 0 aliphatic carbocycles. The molecule has 130 valence electrons. The Kier molecular flexibility index (Phi) is 6.21. The second kappa shape index (κ2) is 8.17. The highest BCUT2D eigenvalue weighted by molar-refractivity contribution is 6.38. The van der Waals surface area contributed by atoms with Crippen LogP contribution in [0.1, 0.15) is 16.7 Å². The second-order valence-corrected chi connectivity index (χ2v) is 5.94. The van der Waals surface area contributed by atoms with Gasteiger partial charge in [-0.2, -0.15) is 5.26 Å². The Bertz CT molecular complexity index is 910. The van der Waals surface area contributed by atoms with Crippen molar-refractivity contribution < 1.29 is 9.84 Å². The molecular weight excluding hydrogens is 365 g/mol. The zero-order chi connectivity index (χ0) is 18.6. The molecule has 0 saturated heterocycles. The molecule has 25 heavy (non-hydrogen) atoms. The van der Waals surface area contributed by atoms with Gasteiger partial charge in [0.1, 0.15) is 17.3 Å². The Morgan fingerprint density at radius 2 is 2.04 bits per heavy atom. The van der Waals surface area contributed by atoms with Gasteiger partial charge in [-0.1, -0.05) is 29.3 Å². The van der Waals surface area contributed by atoms with Crippen LogP contribution in [-0.4, -0.2) is 29.6 Å². The molecule has 6 nitrogen and oxygen atoms in total. The number of aromatic hydroxyl groups is 1. The van der Waals surface area contributed by atoms with Crippen LogP contribution in [0.4, 0.5) is 5.69 Å². The van der Waals surface area contributed by atoms with Gasteiger partial charge in [0.05, 0.1) is 28.8 Å². The molecule has 0 radical (unpaired) electrons. The molecule has 0 amide bonds. The maximum atomic E-state index is 12.3. The van der Waals surface area contributed by atoms with Gasteiger partial charge in [0, 0.05) is 13.3 Å². The molecule has 1 heterocycles. The first-order valence-electron chi connectivity index (χ1n) is 7.25. The summed E-state index contributed by atoms with van der Waals surface area (Å²) in [4.78, 5) is 16.5. The van der Waals surface area contributed by atoms with Crippen molar-refractivity contribution in [2.45, 2.75) is 13.5 Å². The Morgan fingerprint density at radius 1 is 1.40 bits per heavy atom. The Balaban J connectivity index is 2.63. The van der Waals surface area contributed by atoms with Crippen molar-refractivity contribution in [2.24, 2.45) is 4.99 Å². The van der Waals surface area contributed by atoms with E-state index in [0.29, 0.717) is 21.3 Å². The van der Waals surface area contributed by atoms with Crippen molar-refractivity contribution in [2.75, 3.05) is 13.7 Å². The molecule has 1 aromatic carbocycles. The summed E-state index contributed by atoms with van der Waals surface area (Å²) in [6.45, 7) is 1.87. The van der Waals surface area contributed by atoms with Gasteiger partial charge >= 0.3 is 0 Å². The molecule has 0 bridgehead atoms. The minimum atomic E-state index is -0.581. The van der Waals surface area contributed by atoms with Crippen LogP contribution >= 0.6 is 23.2 Å². The van der Waals surface area contributed by atoms with E-state index >= 15 is 0 Å². The van der Waals surface area contributed by atoms with Gasteiger partial charge in [0.15, 0.2) is 0 Å². The molecule has 0 aliphatic heterocycles. The van der Waals surface area contributed by atoms with Crippen molar-refractivity contribution in [3.05, 3.63) is 55.3 Å². The fourth-order valence-electron chi connectivity index (χ4n) is 2.26. The SMILES string of the molecule is COCCn1c(O)c(C=Nc2c(Cl)cccc2Cl)c(C)c(C#N)c1=O. The standard InChI is InChI=1S/C17H15Cl2N3O3/c1-10-11(8-20)16(23)22(6-7-25-2)17(24)12(10)9-21-15-13(18)4-3-5-14(15)19/h3-5,9,24H,6-7H2,1-2H3. The summed E-state index contributed by atoms with van der Waals surface area (Å²) in [5, 5.41) is 20.4. The molecule has 2 aromatic rings. The predicted molar refractivity (Wildman–Crippen MR) is 97.4 cm³/mol. The number of pyridine rings is 1. The number of aliphatic imine (C=N–C) groups is 1. The van der Waals surface area contributed by atoms with Crippen molar-refractivity contribution >= 4 is 35.1 Å². The molecule has 1 aromatic heterocycles. The van der Waals surface area contributed by atoms with E-state index in [4.69, 9.17) is 27.9 Å². The highest BCUT2D eigenvalue weighted by Gasteiger charge is 2.18. The van der Waals surface area contributed by atoms with Crippen LogP contribution < -0.4 is 5.56 Å². The third-order valence-corrected chi connectivity index (χ3v) is 4.24. The number of para-hydroxylation sites is 1. The highest BCUT2D eigenvalue weighted by Crippen LogP contribution is 2.33. The minimum absolute atomic E-state index is 0.0689. The predicted octanol–water partition coefficient (Wildman–Crippen LogP) is 3.44. The molecule has 1 N–H and O–H groups in total. The number of hydrogen-bond acceptors (Lipinski definition) is 5. The van der Waals surface area contributed by atoms with E-state index in [0.717, 1.165) is 4.57 Å². The quantitative estimate of drug-likeness (QED) is 0.805.